The normalized spacial score (nSPS) is 19.4. The number of carbonyl (C=O) groups is 1. The number of nitrogens with zero attached hydrogens (tertiary/aromatic N) is 1. The molecule has 0 saturated heterocycles. The third-order valence-electron chi connectivity index (χ3n) is 6.44. The number of pyridine rings is 1. The van der Waals surface area contributed by atoms with Crippen LogP contribution in [0.1, 0.15) is 71.7 Å². The van der Waals surface area contributed by atoms with E-state index in [4.69, 9.17) is 0 Å². The van der Waals surface area contributed by atoms with Crippen LogP contribution in [-0.4, -0.2) is 21.9 Å². The molecule has 2 aliphatic rings. The van der Waals surface area contributed by atoms with E-state index in [1.165, 1.54) is 55.2 Å². The molecule has 5 rings (SSSR count). The average molecular weight is 389 g/mol. The molecule has 0 bridgehead atoms. The van der Waals surface area contributed by atoms with Crippen molar-refractivity contribution in [3.8, 4) is 0 Å². The Morgan fingerprint density at radius 2 is 2.03 bits per heavy atom. The van der Waals surface area contributed by atoms with Crippen molar-refractivity contribution >= 4 is 16.8 Å². The Hall–Kier alpha value is -2.66. The van der Waals surface area contributed by atoms with Gasteiger partial charge in [0.1, 0.15) is 0 Å². The fourth-order valence-electron chi connectivity index (χ4n) is 4.93. The summed E-state index contributed by atoms with van der Waals surface area (Å²) >= 11 is 0. The number of nitrogens with one attached hydrogen (secondary N) is 3. The third kappa shape index (κ3) is 3.79. The van der Waals surface area contributed by atoms with Gasteiger partial charge in [-0.2, -0.15) is 0 Å². The van der Waals surface area contributed by atoms with E-state index in [1.54, 1.807) is 12.4 Å². The minimum atomic E-state index is -0.0397. The molecule has 29 heavy (non-hydrogen) atoms. The van der Waals surface area contributed by atoms with E-state index in [9.17, 15) is 4.79 Å². The first kappa shape index (κ1) is 18.4. The summed E-state index contributed by atoms with van der Waals surface area (Å²) in [4.78, 5) is 20.5. The smallest absolute Gasteiger partial charge is 0.251 e. The molecule has 5 heteroatoms. The molecule has 1 unspecified atom stereocenters. The monoisotopic (exact) mass is 388 g/mol. The number of aromatic nitrogens is 2. The summed E-state index contributed by atoms with van der Waals surface area (Å²) in [6.45, 7) is 0.489. The lowest BCUT2D eigenvalue weighted by atomic mass is 9.90. The average Bonchev–Trinajstić information content (AvgIpc) is 3.40. The first-order chi connectivity index (χ1) is 14.3. The van der Waals surface area contributed by atoms with Crippen LogP contribution in [0.15, 0.2) is 42.7 Å². The number of hydrogen-bond acceptors (Lipinski definition) is 3. The van der Waals surface area contributed by atoms with Gasteiger partial charge < -0.3 is 15.6 Å². The predicted octanol–water partition coefficient (Wildman–Crippen LogP) is 4.40. The Balaban J connectivity index is 1.36. The van der Waals surface area contributed by atoms with Crippen LogP contribution in [0.5, 0.6) is 0 Å². The molecule has 1 saturated carbocycles. The molecule has 0 radical (unpaired) electrons. The van der Waals surface area contributed by atoms with Crippen LogP contribution < -0.4 is 10.6 Å². The van der Waals surface area contributed by atoms with Gasteiger partial charge in [0.2, 0.25) is 0 Å². The lowest BCUT2D eigenvalue weighted by molar-refractivity contribution is 0.0951. The molecular formula is C24H28N4O. The fraction of sp³-hybridized carbons (Fsp3) is 0.417. The van der Waals surface area contributed by atoms with E-state index in [1.807, 2.05) is 18.2 Å². The van der Waals surface area contributed by atoms with E-state index in [0.717, 1.165) is 17.5 Å². The lowest BCUT2D eigenvalue weighted by Crippen LogP contribution is -2.32. The van der Waals surface area contributed by atoms with Crippen LogP contribution in [0, 0.1) is 0 Å². The zero-order valence-corrected chi connectivity index (χ0v) is 16.7. The van der Waals surface area contributed by atoms with Gasteiger partial charge in [-0.15, -0.1) is 0 Å². The number of fused-ring (bicyclic) bond motifs is 3. The Bertz CT molecular complexity index is 1000. The molecule has 3 N–H and O–H groups in total. The second kappa shape index (κ2) is 7.99. The molecule has 2 aromatic heterocycles. The maximum absolute atomic E-state index is 12.7. The van der Waals surface area contributed by atoms with Crippen LogP contribution in [0.25, 0.3) is 10.9 Å². The van der Waals surface area contributed by atoms with Crippen molar-refractivity contribution in [3.05, 3.63) is 65.1 Å². The van der Waals surface area contributed by atoms with Crippen LogP contribution in [0.3, 0.4) is 0 Å². The highest BCUT2D eigenvalue weighted by atomic mass is 16.1. The highest BCUT2D eigenvalue weighted by Crippen LogP contribution is 2.36. The highest BCUT2D eigenvalue weighted by molar-refractivity contribution is 5.99. The highest BCUT2D eigenvalue weighted by Gasteiger charge is 2.27. The number of hydrogen-bond donors (Lipinski definition) is 3. The Morgan fingerprint density at radius 3 is 2.86 bits per heavy atom. The summed E-state index contributed by atoms with van der Waals surface area (Å²) in [7, 11) is 0. The molecule has 1 fully saturated rings. The Morgan fingerprint density at radius 1 is 1.14 bits per heavy atom. The SMILES string of the molecule is O=C(NCc1cccnc1)c1ccc2[nH]c3c(c2c1)CCCC3NC1CCCC1. The van der Waals surface area contributed by atoms with Gasteiger partial charge in [-0.25, -0.2) is 0 Å². The van der Waals surface area contributed by atoms with Crippen molar-refractivity contribution in [1.82, 2.24) is 20.6 Å². The number of aromatic amines is 1. The summed E-state index contributed by atoms with van der Waals surface area (Å²) in [6.07, 6.45) is 12.3. The summed E-state index contributed by atoms with van der Waals surface area (Å²) in [5.74, 6) is -0.0397. The van der Waals surface area contributed by atoms with Crippen molar-refractivity contribution in [3.63, 3.8) is 0 Å². The van der Waals surface area contributed by atoms with Crippen LogP contribution in [0.2, 0.25) is 0 Å². The van der Waals surface area contributed by atoms with Gasteiger partial charge >= 0.3 is 0 Å². The van der Waals surface area contributed by atoms with Crippen LogP contribution in [0.4, 0.5) is 0 Å². The van der Waals surface area contributed by atoms with E-state index in [2.05, 4.69) is 32.7 Å². The molecule has 150 valence electrons. The molecule has 1 amide bonds. The van der Waals surface area contributed by atoms with E-state index in [-0.39, 0.29) is 5.91 Å². The van der Waals surface area contributed by atoms with Crippen molar-refractivity contribution in [2.75, 3.05) is 0 Å². The van der Waals surface area contributed by atoms with Crippen LogP contribution in [-0.2, 0) is 13.0 Å². The van der Waals surface area contributed by atoms with Gasteiger partial charge in [0, 0.05) is 53.2 Å². The number of aryl methyl sites for hydroxylation is 1. The fourth-order valence-corrected chi connectivity index (χ4v) is 4.93. The summed E-state index contributed by atoms with van der Waals surface area (Å²) in [5.41, 5.74) is 5.59. The standard InChI is InChI=1S/C24H28N4O/c29-24(26-15-16-5-4-12-25-14-16)17-10-11-21-20(13-17)19-8-3-9-22(23(19)28-21)27-18-6-1-2-7-18/h4-5,10-14,18,22,27-28H,1-3,6-9,15H2,(H,26,29). The topological polar surface area (TPSA) is 69.8 Å². The predicted molar refractivity (Wildman–Crippen MR) is 115 cm³/mol. The second-order valence-electron chi connectivity index (χ2n) is 8.41. The molecule has 1 aromatic carbocycles. The summed E-state index contributed by atoms with van der Waals surface area (Å²) in [6, 6.07) is 11.0. The molecule has 5 nitrogen and oxygen atoms in total. The van der Waals surface area contributed by atoms with Crippen molar-refractivity contribution in [2.24, 2.45) is 0 Å². The molecule has 0 spiro atoms. The van der Waals surface area contributed by atoms with E-state index in [0.29, 0.717) is 24.2 Å². The Kier molecular flexibility index (Phi) is 5.06. The Labute approximate surface area is 171 Å². The van der Waals surface area contributed by atoms with Crippen molar-refractivity contribution in [2.45, 2.75) is 63.6 Å². The third-order valence-corrected chi connectivity index (χ3v) is 6.44. The minimum absolute atomic E-state index is 0.0397. The molecular weight excluding hydrogens is 360 g/mol. The first-order valence-electron chi connectivity index (χ1n) is 10.9. The van der Waals surface area contributed by atoms with Gasteiger partial charge in [-0.05, 0) is 67.5 Å². The van der Waals surface area contributed by atoms with Crippen molar-refractivity contribution < 1.29 is 4.79 Å². The minimum Gasteiger partial charge on any atom is -0.357 e. The first-order valence-corrected chi connectivity index (χ1v) is 10.9. The van der Waals surface area contributed by atoms with Crippen molar-refractivity contribution in [1.29, 1.82) is 0 Å². The van der Waals surface area contributed by atoms with E-state index >= 15 is 0 Å². The lowest BCUT2D eigenvalue weighted by Gasteiger charge is -2.27. The molecule has 1 atom stereocenters. The van der Waals surface area contributed by atoms with Gasteiger partial charge in [-0.1, -0.05) is 18.9 Å². The quantitative estimate of drug-likeness (QED) is 0.607. The molecule has 2 heterocycles. The maximum Gasteiger partial charge on any atom is 0.251 e. The maximum atomic E-state index is 12.7. The number of benzene rings is 1. The number of rotatable bonds is 5. The van der Waals surface area contributed by atoms with Gasteiger partial charge in [0.25, 0.3) is 5.91 Å². The second-order valence-corrected chi connectivity index (χ2v) is 8.41. The number of carbonyl (C=O) groups excluding carboxylic acids is 1. The zero-order chi connectivity index (χ0) is 19.6. The zero-order valence-electron chi connectivity index (χ0n) is 16.7. The number of amides is 1. The van der Waals surface area contributed by atoms with Gasteiger partial charge in [0.15, 0.2) is 0 Å². The largest absolute Gasteiger partial charge is 0.357 e. The van der Waals surface area contributed by atoms with Gasteiger partial charge in [0.05, 0.1) is 0 Å². The summed E-state index contributed by atoms with van der Waals surface area (Å²) in [5, 5.41) is 8.10. The molecule has 0 aliphatic heterocycles. The van der Waals surface area contributed by atoms with Gasteiger partial charge in [-0.3, -0.25) is 9.78 Å². The van der Waals surface area contributed by atoms with E-state index < -0.39 is 0 Å². The molecule has 2 aliphatic carbocycles. The number of H-pyrrole nitrogens is 1. The summed E-state index contributed by atoms with van der Waals surface area (Å²) < 4.78 is 0. The van der Waals surface area contributed by atoms with Crippen LogP contribution >= 0.6 is 0 Å². The molecule has 3 aromatic rings.